The first kappa shape index (κ1) is 17.2. The number of benzene rings is 1. The molecule has 0 aliphatic rings. The third-order valence-electron chi connectivity index (χ3n) is 3.21. The number of aromatic nitrogens is 1. The largest absolute Gasteiger partial charge is 0.496 e. The van der Waals surface area contributed by atoms with Crippen molar-refractivity contribution in [1.29, 1.82) is 0 Å². The van der Waals surface area contributed by atoms with Crippen LogP contribution < -0.4 is 10.1 Å². The fourth-order valence-corrected chi connectivity index (χ4v) is 2.25. The molecule has 1 N–H and O–H groups in total. The highest BCUT2D eigenvalue weighted by atomic mass is 16.5. The summed E-state index contributed by atoms with van der Waals surface area (Å²) >= 11 is 0. The van der Waals surface area contributed by atoms with Crippen LogP contribution in [-0.2, 0) is 14.3 Å². The number of rotatable bonds is 4. The number of ether oxygens (including phenoxy) is 3. The zero-order valence-corrected chi connectivity index (χ0v) is 13.6. The molecule has 1 aromatic carbocycles. The van der Waals surface area contributed by atoms with Crippen molar-refractivity contribution in [2.24, 2.45) is 0 Å². The van der Waals surface area contributed by atoms with Gasteiger partial charge in [0.25, 0.3) is 0 Å². The Morgan fingerprint density at radius 2 is 1.67 bits per heavy atom. The summed E-state index contributed by atoms with van der Waals surface area (Å²) < 4.78 is 14.7. The summed E-state index contributed by atoms with van der Waals surface area (Å²) in [5, 5.41) is 2.97. The van der Waals surface area contributed by atoms with E-state index in [0.717, 1.165) is 0 Å². The molecule has 24 heavy (non-hydrogen) atoms. The molecule has 0 saturated heterocycles. The maximum atomic E-state index is 12.1. The van der Waals surface area contributed by atoms with E-state index >= 15 is 0 Å². The van der Waals surface area contributed by atoms with Gasteiger partial charge in [0.05, 0.1) is 37.8 Å². The van der Waals surface area contributed by atoms with Gasteiger partial charge in [-0.15, -0.1) is 0 Å². The first-order valence-electron chi connectivity index (χ1n) is 6.88. The number of carbonyl (C=O) groups is 3. The Balaban J connectivity index is 2.83. The maximum Gasteiger partial charge on any atom is 0.356 e. The van der Waals surface area contributed by atoms with Crippen LogP contribution in [0.2, 0.25) is 0 Å². The van der Waals surface area contributed by atoms with Crippen molar-refractivity contribution >= 4 is 34.4 Å². The van der Waals surface area contributed by atoms with Gasteiger partial charge in [0.2, 0.25) is 5.91 Å². The lowest BCUT2D eigenvalue weighted by molar-refractivity contribution is -0.114. The average Bonchev–Trinajstić information content (AvgIpc) is 2.57. The number of methoxy groups -OCH3 is 3. The fraction of sp³-hybridized carbons (Fsp3) is 0.250. The zero-order chi connectivity index (χ0) is 17.9. The molecular weight excluding hydrogens is 316 g/mol. The number of carbonyl (C=O) groups excluding carboxylic acids is 3. The zero-order valence-electron chi connectivity index (χ0n) is 13.6. The number of hydrogen-bond acceptors (Lipinski definition) is 7. The van der Waals surface area contributed by atoms with Crippen molar-refractivity contribution in [3.05, 3.63) is 29.5 Å². The predicted octanol–water partition coefficient (Wildman–Crippen LogP) is 1.77. The highest BCUT2D eigenvalue weighted by Gasteiger charge is 2.21. The third kappa shape index (κ3) is 3.27. The summed E-state index contributed by atoms with van der Waals surface area (Å²) in [5.41, 5.74) is 0.736. The van der Waals surface area contributed by atoms with Gasteiger partial charge in [0.15, 0.2) is 0 Å². The Labute approximate surface area is 137 Å². The lowest BCUT2D eigenvalue weighted by Crippen LogP contribution is -2.11. The second-order valence-corrected chi connectivity index (χ2v) is 4.79. The maximum absolute atomic E-state index is 12.1. The fourth-order valence-electron chi connectivity index (χ4n) is 2.25. The van der Waals surface area contributed by atoms with E-state index in [4.69, 9.17) is 9.47 Å². The van der Waals surface area contributed by atoms with Gasteiger partial charge < -0.3 is 19.5 Å². The number of fused-ring (bicyclic) bond motifs is 1. The van der Waals surface area contributed by atoms with Crippen LogP contribution in [0, 0.1) is 0 Å². The van der Waals surface area contributed by atoms with Gasteiger partial charge in [0, 0.05) is 18.7 Å². The van der Waals surface area contributed by atoms with Crippen LogP contribution in [0.5, 0.6) is 5.75 Å². The molecule has 0 saturated carbocycles. The quantitative estimate of drug-likeness (QED) is 0.851. The SMILES string of the molecule is COC(=O)c1cc(C(=O)OC)c2c(OC)cc(NC(C)=O)cc2n1. The van der Waals surface area contributed by atoms with Gasteiger partial charge in [-0.05, 0) is 12.1 Å². The van der Waals surface area contributed by atoms with Crippen LogP contribution in [0.15, 0.2) is 18.2 Å². The lowest BCUT2D eigenvalue weighted by Gasteiger charge is -2.13. The van der Waals surface area contributed by atoms with Gasteiger partial charge in [-0.3, -0.25) is 4.79 Å². The van der Waals surface area contributed by atoms with Gasteiger partial charge >= 0.3 is 11.9 Å². The van der Waals surface area contributed by atoms with Crippen molar-refractivity contribution in [3.63, 3.8) is 0 Å². The molecule has 1 amide bonds. The number of nitrogens with zero attached hydrogens (tertiary/aromatic N) is 1. The molecule has 0 spiro atoms. The van der Waals surface area contributed by atoms with Crippen molar-refractivity contribution in [2.45, 2.75) is 6.92 Å². The van der Waals surface area contributed by atoms with Crippen molar-refractivity contribution in [3.8, 4) is 5.75 Å². The molecule has 0 aliphatic carbocycles. The van der Waals surface area contributed by atoms with E-state index in [1.54, 1.807) is 6.07 Å². The van der Waals surface area contributed by atoms with Crippen LogP contribution in [0.1, 0.15) is 27.8 Å². The van der Waals surface area contributed by atoms with Crippen LogP contribution in [0.4, 0.5) is 5.69 Å². The standard InChI is InChI=1S/C16H16N2O6/c1-8(19)17-9-5-11-14(13(6-9)22-2)10(15(20)23-3)7-12(18-11)16(21)24-4/h5-7H,1-4H3,(H,17,19). The molecule has 0 unspecified atom stereocenters. The predicted molar refractivity (Wildman–Crippen MR) is 85.3 cm³/mol. The highest BCUT2D eigenvalue weighted by Crippen LogP contribution is 2.32. The number of pyridine rings is 1. The molecule has 0 bridgehead atoms. The van der Waals surface area contributed by atoms with E-state index in [1.165, 1.54) is 40.4 Å². The Morgan fingerprint density at radius 3 is 2.21 bits per heavy atom. The van der Waals surface area contributed by atoms with E-state index < -0.39 is 11.9 Å². The van der Waals surface area contributed by atoms with E-state index in [0.29, 0.717) is 16.8 Å². The average molecular weight is 332 g/mol. The Bertz CT molecular complexity index is 831. The topological polar surface area (TPSA) is 104 Å². The summed E-state index contributed by atoms with van der Waals surface area (Å²) in [7, 11) is 3.85. The minimum Gasteiger partial charge on any atom is -0.496 e. The molecule has 8 heteroatoms. The molecule has 0 fully saturated rings. The number of hydrogen-bond donors (Lipinski definition) is 1. The Hall–Kier alpha value is -3.16. The van der Waals surface area contributed by atoms with Gasteiger partial charge in [0.1, 0.15) is 11.4 Å². The third-order valence-corrected chi connectivity index (χ3v) is 3.21. The Kier molecular flexibility index (Phi) is 4.98. The van der Waals surface area contributed by atoms with E-state index in [9.17, 15) is 14.4 Å². The van der Waals surface area contributed by atoms with Crippen LogP contribution in [-0.4, -0.2) is 44.2 Å². The van der Waals surface area contributed by atoms with Crippen molar-refractivity contribution in [1.82, 2.24) is 4.98 Å². The van der Waals surface area contributed by atoms with Crippen LogP contribution in [0.3, 0.4) is 0 Å². The molecule has 126 valence electrons. The number of esters is 2. The summed E-state index contributed by atoms with van der Waals surface area (Å²) in [6, 6.07) is 4.36. The molecule has 2 rings (SSSR count). The van der Waals surface area contributed by atoms with E-state index in [1.807, 2.05) is 0 Å². The van der Waals surface area contributed by atoms with E-state index in [-0.39, 0.29) is 22.7 Å². The lowest BCUT2D eigenvalue weighted by atomic mass is 10.1. The molecule has 1 heterocycles. The highest BCUT2D eigenvalue weighted by molar-refractivity contribution is 6.09. The molecule has 0 aliphatic heterocycles. The van der Waals surface area contributed by atoms with Crippen molar-refractivity contribution in [2.75, 3.05) is 26.6 Å². The molecule has 0 radical (unpaired) electrons. The van der Waals surface area contributed by atoms with Gasteiger partial charge in [-0.2, -0.15) is 0 Å². The molecule has 1 aromatic heterocycles. The second kappa shape index (κ2) is 6.95. The number of nitrogens with one attached hydrogen (secondary N) is 1. The summed E-state index contributed by atoms with van der Waals surface area (Å²) in [5.74, 6) is -1.33. The normalized spacial score (nSPS) is 10.2. The van der Waals surface area contributed by atoms with Gasteiger partial charge in [-0.25, -0.2) is 14.6 Å². The minimum absolute atomic E-state index is 0.0626. The van der Waals surface area contributed by atoms with E-state index in [2.05, 4.69) is 15.0 Å². The van der Waals surface area contributed by atoms with Crippen LogP contribution in [0.25, 0.3) is 10.9 Å². The molecular formula is C16H16N2O6. The Morgan fingerprint density at radius 1 is 1.00 bits per heavy atom. The molecule has 0 atom stereocenters. The van der Waals surface area contributed by atoms with Crippen LogP contribution >= 0.6 is 0 Å². The van der Waals surface area contributed by atoms with Crippen molar-refractivity contribution < 1.29 is 28.6 Å². The molecule has 8 nitrogen and oxygen atoms in total. The summed E-state index contributed by atoms with van der Waals surface area (Å²) in [4.78, 5) is 39.4. The first-order chi connectivity index (χ1) is 11.4. The smallest absolute Gasteiger partial charge is 0.356 e. The first-order valence-corrected chi connectivity index (χ1v) is 6.88. The monoisotopic (exact) mass is 332 g/mol. The van der Waals surface area contributed by atoms with Gasteiger partial charge in [-0.1, -0.05) is 0 Å². The molecule has 2 aromatic rings. The number of amides is 1. The second-order valence-electron chi connectivity index (χ2n) is 4.79. The number of anilines is 1. The minimum atomic E-state index is -0.703. The summed E-state index contributed by atoms with van der Waals surface area (Å²) in [6.07, 6.45) is 0. The summed E-state index contributed by atoms with van der Waals surface area (Å²) in [6.45, 7) is 1.36.